The van der Waals surface area contributed by atoms with Crippen LogP contribution in [0.4, 0.5) is 0 Å². The average Bonchev–Trinajstić information content (AvgIpc) is 2.38. The second-order valence-electron chi connectivity index (χ2n) is 5.29. The maximum atomic E-state index is 12.3. The fourth-order valence-electron chi connectivity index (χ4n) is 1.67. The lowest BCUT2D eigenvalue weighted by Crippen LogP contribution is -2.38. The lowest BCUT2D eigenvalue weighted by Gasteiger charge is -2.23. The van der Waals surface area contributed by atoms with Gasteiger partial charge >= 0.3 is 11.9 Å². The first kappa shape index (κ1) is 16.9. The summed E-state index contributed by atoms with van der Waals surface area (Å²) >= 11 is 0. The van der Waals surface area contributed by atoms with E-state index in [0.29, 0.717) is 0 Å². The number of benzene rings is 1. The molecule has 1 atom stereocenters. The Morgan fingerprint density at radius 2 is 1.67 bits per heavy atom. The summed E-state index contributed by atoms with van der Waals surface area (Å²) in [6, 6.07) is 9.16. The van der Waals surface area contributed by atoms with Crippen LogP contribution in [0.3, 0.4) is 0 Å². The zero-order chi connectivity index (χ0) is 16.0. The summed E-state index contributed by atoms with van der Waals surface area (Å²) in [5.74, 6) is -1.52. The molecule has 0 radical (unpaired) electrons. The van der Waals surface area contributed by atoms with Crippen molar-refractivity contribution in [1.82, 2.24) is 0 Å². The third-order valence-corrected chi connectivity index (χ3v) is 3.02. The summed E-state index contributed by atoms with van der Waals surface area (Å²) in [5, 5.41) is 0. The standard InChI is InChI=1S/C16H20O5/c1-11(17)20-12(2)21-15(19)16(3,4)14(18)10-13-8-6-5-7-9-13/h5-9,12H,10H2,1-4H3. The Morgan fingerprint density at radius 1 is 1.10 bits per heavy atom. The van der Waals surface area contributed by atoms with Crippen LogP contribution in [0.15, 0.2) is 30.3 Å². The molecule has 0 bridgehead atoms. The zero-order valence-electron chi connectivity index (χ0n) is 12.7. The monoisotopic (exact) mass is 292 g/mol. The summed E-state index contributed by atoms with van der Waals surface area (Å²) in [4.78, 5) is 35.1. The number of Topliss-reactive ketones (excluding diaryl/α,β-unsaturated/α-hetero) is 1. The van der Waals surface area contributed by atoms with Crippen LogP contribution in [0.5, 0.6) is 0 Å². The van der Waals surface area contributed by atoms with Gasteiger partial charge in [-0.25, -0.2) is 0 Å². The molecule has 1 aromatic rings. The van der Waals surface area contributed by atoms with Gasteiger partial charge in [-0.3, -0.25) is 14.4 Å². The number of carbonyl (C=O) groups is 3. The molecule has 114 valence electrons. The second kappa shape index (κ2) is 7.02. The number of hydrogen-bond acceptors (Lipinski definition) is 5. The zero-order valence-corrected chi connectivity index (χ0v) is 12.7. The van der Waals surface area contributed by atoms with Crippen molar-refractivity contribution in [2.45, 2.75) is 40.4 Å². The van der Waals surface area contributed by atoms with Crippen LogP contribution in [0.25, 0.3) is 0 Å². The summed E-state index contributed by atoms with van der Waals surface area (Å²) in [6.45, 7) is 5.65. The van der Waals surface area contributed by atoms with Gasteiger partial charge in [0, 0.05) is 20.3 Å². The molecule has 0 aliphatic heterocycles. The molecule has 5 heteroatoms. The minimum absolute atomic E-state index is 0.144. The van der Waals surface area contributed by atoms with E-state index in [1.807, 2.05) is 30.3 Å². The predicted molar refractivity (Wildman–Crippen MR) is 76.3 cm³/mol. The quantitative estimate of drug-likeness (QED) is 0.457. The Hall–Kier alpha value is -2.17. The summed E-state index contributed by atoms with van der Waals surface area (Å²) in [7, 11) is 0. The van der Waals surface area contributed by atoms with Crippen LogP contribution < -0.4 is 0 Å². The molecular formula is C16H20O5. The highest BCUT2D eigenvalue weighted by molar-refractivity contribution is 6.03. The number of esters is 2. The van der Waals surface area contributed by atoms with Crippen molar-refractivity contribution in [1.29, 1.82) is 0 Å². The highest BCUT2D eigenvalue weighted by atomic mass is 16.7. The van der Waals surface area contributed by atoms with Crippen molar-refractivity contribution in [3.63, 3.8) is 0 Å². The molecule has 0 saturated heterocycles. The molecule has 0 aliphatic rings. The molecule has 0 fully saturated rings. The largest absolute Gasteiger partial charge is 0.426 e. The molecule has 0 amide bonds. The van der Waals surface area contributed by atoms with E-state index in [1.165, 1.54) is 27.7 Å². The van der Waals surface area contributed by atoms with Crippen molar-refractivity contribution in [3.05, 3.63) is 35.9 Å². The number of carbonyl (C=O) groups excluding carboxylic acids is 3. The highest BCUT2D eigenvalue weighted by Gasteiger charge is 2.38. The molecule has 5 nitrogen and oxygen atoms in total. The minimum atomic E-state index is -1.30. The lowest BCUT2D eigenvalue weighted by molar-refractivity contribution is -0.189. The fraction of sp³-hybridized carbons (Fsp3) is 0.438. The molecule has 0 aromatic heterocycles. The van der Waals surface area contributed by atoms with E-state index in [9.17, 15) is 14.4 Å². The van der Waals surface area contributed by atoms with Gasteiger partial charge in [-0.1, -0.05) is 30.3 Å². The minimum Gasteiger partial charge on any atom is -0.426 e. The van der Waals surface area contributed by atoms with Gasteiger partial charge in [-0.05, 0) is 19.4 Å². The van der Waals surface area contributed by atoms with E-state index in [0.717, 1.165) is 5.56 Å². The maximum Gasteiger partial charge on any atom is 0.322 e. The van der Waals surface area contributed by atoms with Crippen LogP contribution in [-0.2, 0) is 30.3 Å². The van der Waals surface area contributed by atoms with Gasteiger partial charge in [0.2, 0.25) is 6.29 Å². The van der Waals surface area contributed by atoms with Gasteiger partial charge in [0.1, 0.15) is 5.41 Å². The molecule has 21 heavy (non-hydrogen) atoms. The molecule has 0 saturated carbocycles. The van der Waals surface area contributed by atoms with Crippen LogP contribution >= 0.6 is 0 Å². The first-order chi connectivity index (χ1) is 9.73. The van der Waals surface area contributed by atoms with E-state index in [-0.39, 0.29) is 12.2 Å². The molecule has 0 spiro atoms. The summed E-state index contributed by atoms with van der Waals surface area (Å²) in [6.07, 6.45) is -0.871. The van der Waals surface area contributed by atoms with Crippen LogP contribution in [0.1, 0.15) is 33.3 Å². The molecular weight excluding hydrogens is 272 g/mol. The average molecular weight is 292 g/mol. The number of rotatable bonds is 6. The topological polar surface area (TPSA) is 69.7 Å². The molecule has 0 aliphatic carbocycles. The fourth-order valence-corrected chi connectivity index (χ4v) is 1.67. The van der Waals surface area contributed by atoms with E-state index >= 15 is 0 Å². The molecule has 1 aromatic carbocycles. The van der Waals surface area contributed by atoms with Crippen molar-refractivity contribution < 1.29 is 23.9 Å². The Morgan fingerprint density at radius 3 is 2.19 bits per heavy atom. The second-order valence-corrected chi connectivity index (χ2v) is 5.29. The van der Waals surface area contributed by atoms with E-state index in [2.05, 4.69) is 0 Å². The Bertz CT molecular complexity index is 519. The molecule has 0 N–H and O–H groups in total. The van der Waals surface area contributed by atoms with Crippen LogP contribution in [0, 0.1) is 5.41 Å². The Labute approximate surface area is 124 Å². The summed E-state index contributed by atoms with van der Waals surface area (Å²) < 4.78 is 9.70. The number of ketones is 1. The van der Waals surface area contributed by atoms with Gasteiger partial charge in [0.05, 0.1) is 0 Å². The molecule has 1 rings (SSSR count). The van der Waals surface area contributed by atoms with Gasteiger partial charge < -0.3 is 9.47 Å². The third kappa shape index (κ3) is 5.02. The predicted octanol–water partition coefficient (Wildman–Crippen LogP) is 2.28. The van der Waals surface area contributed by atoms with Crippen LogP contribution in [0.2, 0.25) is 0 Å². The highest BCUT2D eigenvalue weighted by Crippen LogP contribution is 2.22. The Balaban J connectivity index is 2.68. The normalized spacial score (nSPS) is 12.4. The van der Waals surface area contributed by atoms with E-state index in [4.69, 9.17) is 9.47 Å². The molecule has 1 unspecified atom stereocenters. The van der Waals surface area contributed by atoms with Crippen LogP contribution in [-0.4, -0.2) is 24.0 Å². The van der Waals surface area contributed by atoms with Gasteiger partial charge in [0.15, 0.2) is 5.78 Å². The van der Waals surface area contributed by atoms with E-state index < -0.39 is 23.6 Å². The Kier molecular flexibility index (Phi) is 5.64. The smallest absolute Gasteiger partial charge is 0.322 e. The number of ether oxygens (including phenoxy) is 2. The number of hydrogen-bond donors (Lipinski definition) is 0. The SMILES string of the molecule is CC(=O)OC(C)OC(=O)C(C)(C)C(=O)Cc1ccccc1. The van der Waals surface area contributed by atoms with Crippen molar-refractivity contribution in [2.75, 3.05) is 0 Å². The van der Waals surface area contributed by atoms with Crippen molar-refractivity contribution >= 4 is 17.7 Å². The van der Waals surface area contributed by atoms with Crippen molar-refractivity contribution in [3.8, 4) is 0 Å². The maximum absolute atomic E-state index is 12.3. The first-order valence-electron chi connectivity index (χ1n) is 6.69. The van der Waals surface area contributed by atoms with Gasteiger partial charge in [-0.2, -0.15) is 0 Å². The molecule has 0 heterocycles. The van der Waals surface area contributed by atoms with Gasteiger partial charge in [0.25, 0.3) is 0 Å². The third-order valence-electron chi connectivity index (χ3n) is 3.02. The summed E-state index contributed by atoms with van der Waals surface area (Å²) in [5.41, 5.74) is -0.471. The lowest BCUT2D eigenvalue weighted by atomic mass is 9.85. The van der Waals surface area contributed by atoms with Crippen molar-refractivity contribution in [2.24, 2.45) is 5.41 Å². The van der Waals surface area contributed by atoms with Gasteiger partial charge in [-0.15, -0.1) is 0 Å². The van der Waals surface area contributed by atoms with E-state index in [1.54, 1.807) is 0 Å². The first-order valence-corrected chi connectivity index (χ1v) is 6.69.